The maximum absolute atomic E-state index is 10.1. The Balaban J connectivity index is 1.89. The van der Waals surface area contributed by atoms with Crippen LogP contribution in [-0.2, 0) is 13.0 Å². The van der Waals surface area contributed by atoms with E-state index >= 15 is 0 Å². The molecular formula is C14H19N3O. The fourth-order valence-corrected chi connectivity index (χ4v) is 1.90. The van der Waals surface area contributed by atoms with Gasteiger partial charge in [-0.15, -0.1) is 0 Å². The highest BCUT2D eigenvalue weighted by atomic mass is 16.3. The lowest BCUT2D eigenvalue weighted by Crippen LogP contribution is -2.00. The van der Waals surface area contributed by atoms with E-state index in [2.05, 4.69) is 17.0 Å². The smallest absolute Gasteiger partial charge is 0.0824 e. The van der Waals surface area contributed by atoms with E-state index in [0.717, 1.165) is 30.6 Å². The maximum atomic E-state index is 10.1. The van der Waals surface area contributed by atoms with Crippen LogP contribution >= 0.6 is 0 Å². The van der Waals surface area contributed by atoms with Crippen LogP contribution in [0.4, 0.5) is 0 Å². The third-order valence-electron chi connectivity index (χ3n) is 2.89. The van der Waals surface area contributed by atoms with Crippen molar-refractivity contribution in [2.45, 2.75) is 38.8 Å². The first-order valence-electron chi connectivity index (χ1n) is 6.40. The summed E-state index contributed by atoms with van der Waals surface area (Å²) in [4.78, 5) is 4.25. The van der Waals surface area contributed by atoms with Crippen LogP contribution < -0.4 is 0 Å². The number of aryl methyl sites for hydroxylation is 2. The molecule has 0 saturated carbocycles. The SMILES string of the molecule is CCCn1cc(C(O)CCc2ccccn2)cn1. The lowest BCUT2D eigenvalue weighted by molar-refractivity contribution is 0.167. The van der Waals surface area contributed by atoms with Crippen molar-refractivity contribution in [3.8, 4) is 0 Å². The van der Waals surface area contributed by atoms with Crippen molar-refractivity contribution in [1.29, 1.82) is 0 Å². The zero-order valence-corrected chi connectivity index (χ0v) is 10.7. The molecule has 1 atom stereocenters. The second-order valence-corrected chi connectivity index (χ2v) is 4.41. The molecule has 2 aromatic heterocycles. The molecule has 0 saturated heterocycles. The van der Waals surface area contributed by atoms with Crippen molar-refractivity contribution < 1.29 is 5.11 Å². The molecule has 2 aromatic rings. The average molecular weight is 245 g/mol. The third-order valence-corrected chi connectivity index (χ3v) is 2.89. The van der Waals surface area contributed by atoms with Crippen LogP contribution in [0.5, 0.6) is 0 Å². The van der Waals surface area contributed by atoms with E-state index < -0.39 is 6.10 Å². The summed E-state index contributed by atoms with van der Waals surface area (Å²) in [5, 5.41) is 14.3. The molecule has 1 unspecified atom stereocenters. The minimum Gasteiger partial charge on any atom is -0.388 e. The Morgan fingerprint density at radius 3 is 3.00 bits per heavy atom. The van der Waals surface area contributed by atoms with Crippen molar-refractivity contribution in [1.82, 2.24) is 14.8 Å². The van der Waals surface area contributed by atoms with Gasteiger partial charge in [-0.3, -0.25) is 9.67 Å². The molecule has 4 nitrogen and oxygen atoms in total. The van der Waals surface area contributed by atoms with Crippen LogP contribution in [0.15, 0.2) is 36.8 Å². The van der Waals surface area contributed by atoms with Gasteiger partial charge in [-0.25, -0.2) is 0 Å². The van der Waals surface area contributed by atoms with Crippen LogP contribution in [-0.4, -0.2) is 19.9 Å². The van der Waals surface area contributed by atoms with Crippen molar-refractivity contribution in [2.24, 2.45) is 0 Å². The van der Waals surface area contributed by atoms with E-state index in [1.807, 2.05) is 29.1 Å². The molecular weight excluding hydrogens is 226 g/mol. The number of aromatic nitrogens is 3. The van der Waals surface area contributed by atoms with Gasteiger partial charge in [-0.05, 0) is 31.4 Å². The molecule has 2 heterocycles. The summed E-state index contributed by atoms with van der Waals surface area (Å²) in [6.07, 6.45) is 7.49. The second-order valence-electron chi connectivity index (χ2n) is 4.41. The molecule has 0 radical (unpaired) electrons. The first-order chi connectivity index (χ1) is 8.79. The Hall–Kier alpha value is -1.68. The standard InChI is InChI=1S/C14H19N3O/c1-2-9-17-11-12(10-16-17)14(18)7-6-13-5-3-4-8-15-13/h3-5,8,10-11,14,18H,2,6-7,9H2,1H3. The zero-order chi connectivity index (χ0) is 12.8. The zero-order valence-electron chi connectivity index (χ0n) is 10.7. The molecule has 0 aliphatic rings. The molecule has 2 rings (SSSR count). The largest absolute Gasteiger partial charge is 0.388 e. The topological polar surface area (TPSA) is 50.9 Å². The highest BCUT2D eigenvalue weighted by molar-refractivity contribution is 5.09. The van der Waals surface area contributed by atoms with Gasteiger partial charge < -0.3 is 5.11 Å². The van der Waals surface area contributed by atoms with Gasteiger partial charge in [0, 0.05) is 30.2 Å². The van der Waals surface area contributed by atoms with Crippen LogP contribution in [0.2, 0.25) is 0 Å². The minimum atomic E-state index is -0.461. The molecule has 0 spiro atoms. The summed E-state index contributed by atoms with van der Waals surface area (Å²) in [6, 6.07) is 5.84. The normalized spacial score (nSPS) is 12.6. The summed E-state index contributed by atoms with van der Waals surface area (Å²) >= 11 is 0. The van der Waals surface area contributed by atoms with Gasteiger partial charge in [0.05, 0.1) is 12.3 Å². The molecule has 0 aromatic carbocycles. The molecule has 18 heavy (non-hydrogen) atoms. The number of aliphatic hydroxyl groups excluding tert-OH is 1. The molecule has 1 N–H and O–H groups in total. The predicted molar refractivity (Wildman–Crippen MR) is 70.0 cm³/mol. The van der Waals surface area contributed by atoms with Crippen molar-refractivity contribution in [3.05, 3.63) is 48.0 Å². The molecule has 0 aliphatic heterocycles. The quantitative estimate of drug-likeness (QED) is 0.850. The Kier molecular flexibility index (Phi) is 4.47. The molecule has 0 amide bonds. The Bertz CT molecular complexity index is 467. The Morgan fingerprint density at radius 1 is 1.39 bits per heavy atom. The van der Waals surface area contributed by atoms with Crippen molar-refractivity contribution in [2.75, 3.05) is 0 Å². The van der Waals surface area contributed by atoms with Crippen LogP contribution in [0, 0.1) is 0 Å². The number of hydrogen-bond donors (Lipinski definition) is 1. The predicted octanol–water partition coefficient (Wildman–Crippen LogP) is 2.35. The fraction of sp³-hybridized carbons (Fsp3) is 0.429. The lowest BCUT2D eigenvalue weighted by Gasteiger charge is -2.07. The number of aliphatic hydroxyl groups is 1. The van der Waals surface area contributed by atoms with Crippen molar-refractivity contribution in [3.63, 3.8) is 0 Å². The van der Waals surface area contributed by atoms with E-state index in [0.29, 0.717) is 6.42 Å². The number of nitrogens with zero attached hydrogens (tertiary/aromatic N) is 3. The van der Waals surface area contributed by atoms with E-state index in [1.165, 1.54) is 0 Å². The summed E-state index contributed by atoms with van der Waals surface area (Å²) in [7, 11) is 0. The van der Waals surface area contributed by atoms with E-state index in [4.69, 9.17) is 0 Å². The second kappa shape index (κ2) is 6.31. The van der Waals surface area contributed by atoms with Gasteiger partial charge in [0.2, 0.25) is 0 Å². The summed E-state index contributed by atoms with van der Waals surface area (Å²) in [5.41, 5.74) is 1.90. The average Bonchev–Trinajstić information content (AvgIpc) is 2.86. The number of pyridine rings is 1. The van der Waals surface area contributed by atoms with Gasteiger partial charge in [-0.2, -0.15) is 5.10 Å². The minimum absolute atomic E-state index is 0.461. The highest BCUT2D eigenvalue weighted by Gasteiger charge is 2.10. The fourth-order valence-electron chi connectivity index (χ4n) is 1.90. The van der Waals surface area contributed by atoms with Crippen LogP contribution in [0.25, 0.3) is 0 Å². The third kappa shape index (κ3) is 3.40. The van der Waals surface area contributed by atoms with E-state index in [9.17, 15) is 5.11 Å². The van der Waals surface area contributed by atoms with Gasteiger partial charge in [0.15, 0.2) is 0 Å². The first kappa shape index (κ1) is 12.8. The van der Waals surface area contributed by atoms with Gasteiger partial charge in [0.1, 0.15) is 0 Å². The molecule has 0 fully saturated rings. The molecule has 4 heteroatoms. The van der Waals surface area contributed by atoms with Crippen LogP contribution in [0.1, 0.15) is 37.1 Å². The van der Waals surface area contributed by atoms with Gasteiger partial charge in [0.25, 0.3) is 0 Å². The summed E-state index contributed by atoms with van der Waals surface area (Å²) in [5.74, 6) is 0. The molecule has 96 valence electrons. The van der Waals surface area contributed by atoms with Gasteiger partial charge >= 0.3 is 0 Å². The van der Waals surface area contributed by atoms with Gasteiger partial charge in [-0.1, -0.05) is 13.0 Å². The Labute approximate surface area is 107 Å². The molecule has 0 aliphatic carbocycles. The summed E-state index contributed by atoms with van der Waals surface area (Å²) < 4.78 is 1.87. The van der Waals surface area contributed by atoms with Crippen molar-refractivity contribution >= 4 is 0 Å². The first-order valence-corrected chi connectivity index (χ1v) is 6.40. The Morgan fingerprint density at radius 2 is 2.28 bits per heavy atom. The monoisotopic (exact) mass is 245 g/mol. The van der Waals surface area contributed by atoms with Crippen LogP contribution in [0.3, 0.4) is 0 Å². The van der Waals surface area contributed by atoms with E-state index in [-0.39, 0.29) is 0 Å². The lowest BCUT2D eigenvalue weighted by atomic mass is 10.1. The number of hydrogen-bond acceptors (Lipinski definition) is 3. The molecule has 0 bridgehead atoms. The highest BCUT2D eigenvalue weighted by Crippen LogP contribution is 2.17. The summed E-state index contributed by atoms with van der Waals surface area (Å²) in [6.45, 7) is 3.01. The maximum Gasteiger partial charge on any atom is 0.0824 e. The van der Waals surface area contributed by atoms with E-state index in [1.54, 1.807) is 12.4 Å². The number of rotatable bonds is 6.